The first-order valence-electron chi connectivity index (χ1n) is 4.77. The molecule has 0 saturated carbocycles. The van der Waals surface area contributed by atoms with E-state index in [2.05, 4.69) is 10.2 Å². The minimum Gasteiger partial charge on any atom is -0.295 e. The monoisotopic (exact) mass is 232 g/mol. The summed E-state index contributed by atoms with van der Waals surface area (Å²) in [5.41, 5.74) is 2.33. The van der Waals surface area contributed by atoms with Gasteiger partial charge in [0.15, 0.2) is 10.9 Å². The summed E-state index contributed by atoms with van der Waals surface area (Å²) in [4.78, 5) is 11.1. The molecule has 0 unspecified atom stereocenters. The van der Waals surface area contributed by atoms with Crippen molar-refractivity contribution in [3.8, 4) is 11.3 Å². The molecule has 0 N–H and O–H groups in total. The molecule has 2 aromatic rings. The Kier molecular flexibility index (Phi) is 2.97. The van der Waals surface area contributed by atoms with Crippen LogP contribution in [-0.4, -0.2) is 16.0 Å². The molecule has 1 aromatic heterocycles. The maximum absolute atomic E-state index is 11.1. The van der Waals surface area contributed by atoms with E-state index in [1.54, 1.807) is 24.3 Å². The first-order valence-corrected chi connectivity index (χ1v) is 5.15. The third-order valence-electron chi connectivity index (χ3n) is 2.22. The highest BCUT2D eigenvalue weighted by Crippen LogP contribution is 2.17. The van der Waals surface area contributed by atoms with Crippen LogP contribution in [0.3, 0.4) is 0 Å². The van der Waals surface area contributed by atoms with Gasteiger partial charge in [-0.25, -0.2) is 0 Å². The molecule has 4 heteroatoms. The summed E-state index contributed by atoms with van der Waals surface area (Å²) >= 11 is 5.65. The lowest BCUT2D eigenvalue weighted by molar-refractivity contribution is 0.101. The molecule has 3 nitrogen and oxygen atoms in total. The number of benzene rings is 1. The zero-order valence-electron chi connectivity index (χ0n) is 8.64. The van der Waals surface area contributed by atoms with Gasteiger partial charge >= 0.3 is 0 Å². The Morgan fingerprint density at radius 2 is 1.75 bits per heavy atom. The molecule has 1 aromatic carbocycles. The smallest absolute Gasteiger partial charge is 0.159 e. The maximum atomic E-state index is 11.1. The molecule has 0 aliphatic rings. The van der Waals surface area contributed by atoms with Crippen molar-refractivity contribution >= 4 is 17.4 Å². The molecule has 0 fully saturated rings. The van der Waals surface area contributed by atoms with E-state index in [0.29, 0.717) is 10.7 Å². The number of aromatic nitrogens is 2. The minimum atomic E-state index is 0.0498. The summed E-state index contributed by atoms with van der Waals surface area (Å²) in [6.07, 6.45) is 0. The molecule has 2 rings (SSSR count). The average Bonchev–Trinajstić information content (AvgIpc) is 2.30. The number of carbonyl (C=O) groups is 1. The zero-order valence-corrected chi connectivity index (χ0v) is 9.40. The molecule has 0 bridgehead atoms. The fourth-order valence-electron chi connectivity index (χ4n) is 1.35. The predicted molar refractivity (Wildman–Crippen MR) is 62.5 cm³/mol. The summed E-state index contributed by atoms with van der Waals surface area (Å²) in [7, 11) is 0. The van der Waals surface area contributed by atoms with Crippen LogP contribution >= 0.6 is 11.6 Å². The second-order valence-electron chi connectivity index (χ2n) is 3.37. The van der Waals surface area contributed by atoms with Gasteiger partial charge in [0.1, 0.15) is 0 Å². The van der Waals surface area contributed by atoms with E-state index in [1.807, 2.05) is 12.1 Å². The van der Waals surface area contributed by atoms with Crippen molar-refractivity contribution in [3.63, 3.8) is 0 Å². The van der Waals surface area contributed by atoms with Crippen LogP contribution in [-0.2, 0) is 0 Å². The molecule has 16 heavy (non-hydrogen) atoms. The topological polar surface area (TPSA) is 42.9 Å². The Morgan fingerprint density at radius 3 is 2.25 bits per heavy atom. The highest BCUT2D eigenvalue weighted by atomic mass is 35.5. The number of hydrogen-bond donors (Lipinski definition) is 0. The number of halogens is 1. The van der Waals surface area contributed by atoms with Gasteiger partial charge in [0.05, 0.1) is 5.69 Å². The molecule has 0 saturated heterocycles. The normalized spacial score (nSPS) is 10.1. The third-order valence-corrected chi connectivity index (χ3v) is 2.42. The quantitative estimate of drug-likeness (QED) is 0.748. The number of nitrogens with zero attached hydrogens (tertiary/aromatic N) is 2. The highest BCUT2D eigenvalue weighted by molar-refractivity contribution is 6.29. The lowest BCUT2D eigenvalue weighted by atomic mass is 10.1. The summed E-state index contributed by atoms with van der Waals surface area (Å²) in [5, 5.41) is 8.08. The van der Waals surface area contributed by atoms with Crippen molar-refractivity contribution in [1.82, 2.24) is 10.2 Å². The summed E-state index contributed by atoms with van der Waals surface area (Å²) < 4.78 is 0. The fraction of sp³-hybridized carbons (Fsp3) is 0.0833. The summed E-state index contributed by atoms with van der Waals surface area (Å²) in [5.74, 6) is 0.0498. The van der Waals surface area contributed by atoms with Gasteiger partial charge in [-0.2, -0.15) is 0 Å². The Morgan fingerprint density at radius 1 is 1.06 bits per heavy atom. The Labute approximate surface area is 98.1 Å². The van der Waals surface area contributed by atoms with Gasteiger partial charge in [-0.3, -0.25) is 4.79 Å². The van der Waals surface area contributed by atoms with Crippen LogP contribution in [0.1, 0.15) is 17.3 Å². The summed E-state index contributed by atoms with van der Waals surface area (Å²) in [6.45, 7) is 1.54. The molecule has 0 aliphatic heterocycles. The second-order valence-corrected chi connectivity index (χ2v) is 3.76. The molecule has 0 amide bonds. The summed E-state index contributed by atoms with van der Waals surface area (Å²) in [6, 6.07) is 10.7. The Balaban J connectivity index is 2.34. The average molecular weight is 233 g/mol. The number of carbonyl (C=O) groups excluding carboxylic acids is 1. The van der Waals surface area contributed by atoms with Crippen molar-refractivity contribution < 1.29 is 4.79 Å². The van der Waals surface area contributed by atoms with Gasteiger partial charge in [-0.05, 0) is 19.1 Å². The van der Waals surface area contributed by atoms with Crippen LogP contribution in [0.15, 0.2) is 36.4 Å². The van der Waals surface area contributed by atoms with Crippen LogP contribution in [0.4, 0.5) is 0 Å². The number of ketones is 1. The lowest BCUT2D eigenvalue weighted by Crippen LogP contribution is -1.92. The number of rotatable bonds is 2. The van der Waals surface area contributed by atoms with Crippen LogP contribution in [0.25, 0.3) is 11.3 Å². The van der Waals surface area contributed by atoms with Crippen molar-refractivity contribution in [2.75, 3.05) is 0 Å². The molecule has 0 spiro atoms. The first kappa shape index (κ1) is 10.8. The zero-order chi connectivity index (χ0) is 11.5. The lowest BCUT2D eigenvalue weighted by Gasteiger charge is -2.00. The highest BCUT2D eigenvalue weighted by Gasteiger charge is 2.02. The van der Waals surface area contributed by atoms with Gasteiger partial charge in [-0.1, -0.05) is 35.9 Å². The largest absolute Gasteiger partial charge is 0.295 e. The molecular weight excluding hydrogens is 224 g/mol. The van der Waals surface area contributed by atoms with Gasteiger partial charge in [-0.15, -0.1) is 10.2 Å². The van der Waals surface area contributed by atoms with Crippen molar-refractivity contribution in [2.24, 2.45) is 0 Å². The van der Waals surface area contributed by atoms with Crippen molar-refractivity contribution in [3.05, 3.63) is 47.1 Å². The predicted octanol–water partition coefficient (Wildman–Crippen LogP) is 3.00. The van der Waals surface area contributed by atoms with E-state index in [0.717, 1.165) is 11.3 Å². The first-order chi connectivity index (χ1) is 7.66. The Hall–Kier alpha value is -1.74. The van der Waals surface area contributed by atoms with E-state index < -0.39 is 0 Å². The van der Waals surface area contributed by atoms with Gasteiger partial charge < -0.3 is 0 Å². The molecular formula is C12H9ClN2O. The number of Topliss-reactive ketones (excluding diaryl/α,β-unsaturated/α-hetero) is 1. The van der Waals surface area contributed by atoms with Crippen LogP contribution in [0, 0.1) is 0 Å². The molecule has 1 heterocycles. The van der Waals surface area contributed by atoms with E-state index in [1.165, 1.54) is 6.92 Å². The molecule has 0 radical (unpaired) electrons. The van der Waals surface area contributed by atoms with Crippen LogP contribution < -0.4 is 0 Å². The van der Waals surface area contributed by atoms with E-state index in [-0.39, 0.29) is 5.78 Å². The van der Waals surface area contributed by atoms with Crippen molar-refractivity contribution in [2.45, 2.75) is 6.92 Å². The maximum Gasteiger partial charge on any atom is 0.159 e. The molecule has 80 valence electrons. The molecule has 0 atom stereocenters. The van der Waals surface area contributed by atoms with Crippen molar-refractivity contribution in [1.29, 1.82) is 0 Å². The van der Waals surface area contributed by atoms with Gasteiger partial charge in [0.2, 0.25) is 0 Å². The molecule has 0 aliphatic carbocycles. The number of hydrogen-bond acceptors (Lipinski definition) is 3. The standard InChI is InChI=1S/C12H9ClN2O/c1-8(16)9-2-4-10(5-3-9)11-6-7-12(13)15-14-11/h2-7H,1H3. The second kappa shape index (κ2) is 4.41. The van der Waals surface area contributed by atoms with E-state index in [9.17, 15) is 4.79 Å². The SMILES string of the molecule is CC(=O)c1ccc(-c2ccc(Cl)nn2)cc1. The third kappa shape index (κ3) is 2.25. The van der Waals surface area contributed by atoms with Crippen LogP contribution in [0.5, 0.6) is 0 Å². The van der Waals surface area contributed by atoms with Gasteiger partial charge in [0.25, 0.3) is 0 Å². The van der Waals surface area contributed by atoms with E-state index >= 15 is 0 Å². The van der Waals surface area contributed by atoms with Crippen LogP contribution in [0.2, 0.25) is 5.15 Å². The van der Waals surface area contributed by atoms with E-state index in [4.69, 9.17) is 11.6 Å². The minimum absolute atomic E-state index is 0.0498. The Bertz CT molecular complexity index is 506. The van der Waals surface area contributed by atoms with Gasteiger partial charge in [0, 0.05) is 11.1 Å². The fourth-order valence-corrected chi connectivity index (χ4v) is 1.45.